The number of para-hydroxylation sites is 1. The van der Waals surface area contributed by atoms with Gasteiger partial charge in [-0.05, 0) is 36.8 Å². The number of hydrogen-bond acceptors (Lipinski definition) is 3. The van der Waals surface area contributed by atoms with Gasteiger partial charge in [0, 0.05) is 16.5 Å². The molecular weight excluding hydrogens is 331 g/mol. The number of nitrogens with one attached hydrogen (secondary N) is 2. The Hall–Kier alpha value is -2.38. The SMILES string of the molecule is O=S(=O)(N[C@@H]1COc2[nH]c3ccccc3c2C1)c1ccc(F)cc1. The van der Waals surface area contributed by atoms with E-state index in [1.54, 1.807) is 0 Å². The molecule has 1 aliphatic rings. The first-order valence-corrected chi connectivity index (χ1v) is 9.01. The summed E-state index contributed by atoms with van der Waals surface area (Å²) in [7, 11) is -3.72. The van der Waals surface area contributed by atoms with Crippen LogP contribution in [-0.2, 0) is 16.4 Å². The van der Waals surface area contributed by atoms with E-state index < -0.39 is 15.8 Å². The fraction of sp³-hybridized carbons (Fsp3) is 0.176. The lowest BCUT2D eigenvalue weighted by atomic mass is 10.0. The van der Waals surface area contributed by atoms with Gasteiger partial charge in [-0.3, -0.25) is 0 Å². The van der Waals surface area contributed by atoms with Crippen molar-refractivity contribution in [1.29, 1.82) is 0 Å². The minimum atomic E-state index is -3.72. The van der Waals surface area contributed by atoms with Crippen LogP contribution in [0.15, 0.2) is 53.4 Å². The van der Waals surface area contributed by atoms with Crippen LogP contribution < -0.4 is 9.46 Å². The Morgan fingerprint density at radius 2 is 1.88 bits per heavy atom. The second-order valence-corrected chi connectivity index (χ2v) is 7.48. The van der Waals surface area contributed by atoms with Crippen molar-refractivity contribution in [3.63, 3.8) is 0 Å². The second kappa shape index (κ2) is 5.61. The van der Waals surface area contributed by atoms with Gasteiger partial charge < -0.3 is 9.72 Å². The van der Waals surface area contributed by atoms with Crippen LogP contribution in [0, 0.1) is 5.82 Å². The van der Waals surface area contributed by atoms with Crippen LogP contribution >= 0.6 is 0 Å². The number of aromatic amines is 1. The number of rotatable bonds is 3. The molecule has 2 heterocycles. The van der Waals surface area contributed by atoms with Crippen molar-refractivity contribution in [3.8, 4) is 5.88 Å². The van der Waals surface area contributed by atoms with E-state index in [4.69, 9.17) is 4.74 Å². The molecule has 1 aliphatic heterocycles. The maximum atomic E-state index is 13.0. The highest BCUT2D eigenvalue weighted by Gasteiger charge is 2.27. The van der Waals surface area contributed by atoms with Crippen LogP contribution in [0.3, 0.4) is 0 Å². The highest BCUT2D eigenvalue weighted by molar-refractivity contribution is 7.89. The van der Waals surface area contributed by atoms with Gasteiger partial charge in [0.2, 0.25) is 10.0 Å². The molecule has 7 heteroatoms. The molecular formula is C17H15FN2O3S. The van der Waals surface area contributed by atoms with Crippen LogP contribution in [-0.4, -0.2) is 26.1 Å². The van der Waals surface area contributed by atoms with E-state index in [0.29, 0.717) is 12.3 Å². The van der Waals surface area contributed by atoms with Crippen molar-refractivity contribution in [3.05, 3.63) is 59.9 Å². The number of sulfonamides is 1. The Morgan fingerprint density at radius 3 is 2.67 bits per heavy atom. The van der Waals surface area contributed by atoms with Gasteiger partial charge in [0.15, 0.2) is 5.88 Å². The van der Waals surface area contributed by atoms with E-state index in [1.165, 1.54) is 12.1 Å². The molecule has 2 N–H and O–H groups in total. The number of H-pyrrole nitrogens is 1. The second-order valence-electron chi connectivity index (χ2n) is 5.77. The van der Waals surface area contributed by atoms with Crippen molar-refractivity contribution in [2.75, 3.05) is 6.61 Å². The van der Waals surface area contributed by atoms with Crippen LogP contribution in [0.4, 0.5) is 4.39 Å². The average Bonchev–Trinajstić information content (AvgIpc) is 2.93. The zero-order valence-electron chi connectivity index (χ0n) is 12.6. The van der Waals surface area contributed by atoms with Crippen LogP contribution in [0.2, 0.25) is 0 Å². The van der Waals surface area contributed by atoms with Crippen molar-refractivity contribution in [2.24, 2.45) is 0 Å². The van der Waals surface area contributed by atoms with Gasteiger partial charge >= 0.3 is 0 Å². The first kappa shape index (κ1) is 15.2. The number of hydrogen-bond donors (Lipinski definition) is 2. The maximum absolute atomic E-state index is 13.0. The molecule has 0 saturated carbocycles. The van der Waals surface area contributed by atoms with Crippen molar-refractivity contribution < 1.29 is 17.5 Å². The lowest BCUT2D eigenvalue weighted by Gasteiger charge is -2.24. The van der Waals surface area contributed by atoms with Crippen molar-refractivity contribution in [1.82, 2.24) is 9.71 Å². The molecule has 5 nitrogen and oxygen atoms in total. The van der Waals surface area contributed by atoms with E-state index in [9.17, 15) is 12.8 Å². The normalized spacial score (nSPS) is 17.5. The summed E-state index contributed by atoms with van der Waals surface area (Å²) >= 11 is 0. The molecule has 2 aromatic carbocycles. The van der Waals surface area contributed by atoms with Crippen molar-refractivity contribution in [2.45, 2.75) is 17.4 Å². The fourth-order valence-electron chi connectivity index (χ4n) is 2.97. The summed E-state index contributed by atoms with van der Waals surface area (Å²) < 4.78 is 46.1. The van der Waals surface area contributed by atoms with Gasteiger partial charge in [-0.1, -0.05) is 18.2 Å². The van der Waals surface area contributed by atoms with E-state index in [2.05, 4.69) is 9.71 Å². The van der Waals surface area contributed by atoms with Gasteiger partial charge in [0.05, 0.1) is 10.9 Å². The standard InChI is InChI=1S/C17H15FN2O3S/c18-11-5-7-13(8-6-11)24(21,22)20-12-9-15-14-3-1-2-4-16(14)19-17(15)23-10-12/h1-8,12,19-20H,9-10H2/t12-/m0/s1. The minimum Gasteiger partial charge on any atom is -0.477 e. The Balaban J connectivity index is 1.59. The zero-order valence-corrected chi connectivity index (χ0v) is 13.4. The Morgan fingerprint density at radius 1 is 1.12 bits per heavy atom. The molecule has 124 valence electrons. The van der Waals surface area contributed by atoms with Gasteiger partial charge in [-0.25, -0.2) is 17.5 Å². The van der Waals surface area contributed by atoms with E-state index in [-0.39, 0.29) is 17.5 Å². The topological polar surface area (TPSA) is 71.2 Å². The summed E-state index contributed by atoms with van der Waals surface area (Å²) in [6, 6.07) is 12.2. The van der Waals surface area contributed by atoms with Crippen LogP contribution in [0.5, 0.6) is 5.88 Å². The minimum absolute atomic E-state index is 0.0358. The number of fused-ring (bicyclic) bond motifs is 3. The third-order valence-electron chi connectivity index (χ3n) is 4.10. The van der Waals surface area contributed by atoms with E-state index in [1.807, 2.05) is 24.3 Å². The number of halogens is 1. The molecule has 0 bridgehead atoms. The third-order valence-corrected chi connectivity index (χ3v) is 5.64. The molecule has 0 amide bonds. The summed E-state index contributed by atoms with van der Waals surface area (Å²) in [6.07, 6.45) is 0.528. The highest BCUT2D eigenvalue weighted by atomic mass is 32.2. The lowest BCUT2D eigenvalue weighted by Crippen LogP contribution is -2.42. The predicted molar refractivity (Wildman–Crippen MR) is 88.0 cm³/mol. The van der Waals surface area contributed by atoms with Gasteiger partial charge in [-0.2, -0.15) is 0 Å². The van der Waals surface area contributed by atoms with Crippen LogP contribution in [0.1, 0.15) is 5.56 Å². The quantitative estimate of drug-likeness (QED) is 0.766. The Kier molecular flexibility index (Phi) is 3.54. The van der Waals surface area contributed by atoms with Gasteiger partial charge in [0.1, 0.15) is 12.4 Å². The molecule has 0 unspecified atom stereocenters. The molecule has 3 aromatic rings. The van der Waals surface area contributed by atoms with Crippen LogP contribution in [0.25, 0.3) is 10.9 Å². The summed E-state index contributed by atoms with van der Waals surface area (Å²) in [5, 5.41) is 1.03. The number of benzene rings is 2. The Labute approximate surface area is 138 Å². The molecule has 24 heavy (non-hydrogen) atoms. The number of aromatic nitrogens is 1. The summed E-state index contributed by atoms with van der Waals surface area (Å²) in [5.41, 5.74) is 1.92. The summed E-state index contributed by atoms with van der Waals surface area (Å²) in [5.74, 6) is 0.215. The fourth-order valence-corrected chi connectivity index (χ4v) is 4.19. The molecule has 4 rings (SSSR count). The molecule has 0 spiro atoms. The first-order valence-electron chi connectivity index (χ1n) is 7.53. The molecule has 0 fully saturated rings. The monoisotopic (exact) mass is 346 g/mol. The number of ether oxygens (including phenoxy) is 1. The first-order chi connectivity index (χ1) is 11.5. The van der Waals surface area contributed by atoms with Gasteiger partial charge in [0.25, 0.3) is 0 Å². The van der Waals surface area contributed by atoms with Crippen molar-refractivity contribution >= 4 is 20.9 Å². The molecule has 0 saturated heterocycles. The smallest absolute Gasteiger partial charge is 0.240 e. The van der Waals surface area contributed by atoms with E-state index in [0.717, 1.165) is 28.6 Å². The molecule has 1 atom stereocenters. The third kappa shape index (κ3) is 2.65. The summed E-state index contributed by atoms with van der Waals surface area (Å²) in [6.45, 7) is 0.236. The lowest BCUT2D eigenvalue weighted by molar-refractivity contribution is 0.247. The largest absolute Gasteiger partial charge is 0.477 e. The average molecular weight is 346 g/mol. The molecule has 0 radical (unpaired) electrons. The molecule has 0 aliphatic carbocycles. The van der Waals surface area contributed by atoms with E-state index >= 15 is 0 Å². The summed E-state index contributed by atoms with van der Waals surface area (Å²) in [4.78, 5) is 3.23. The van der Waals surface area contributed by atoms with Gasteiger partial charge in [-0.15, -0.1) is 0 Å². The highest BCUT2D eigenvalue weighted by Crippen LogP contribution is 2.32. The zero-order chi connectivity index (χ0) is 16.7. The maximum Gasteiger partial charge on any atom is 0.240 e. The predicted octanol–water partition coefficient (Wildman–Crippen LogP) is 2.59. The molecule has 1 aromatic heterocycles. The Bertz CT molecular complexity index is 996.